The average Bonchev–Trinajstić information content (AvgIpc) is 2.48. The molecule has 0 amide bonds. The number of aryl methyl sites for hydroxylation is 1. The Kier molecular flexibility index (Phi) is 4.73. The van der Waals surface area contributed by atoms with Crippen molar-refractivity contribution in [3.8, 4) is 0 Å². The zero-order valence-electron chi connectivity index (χ0n) is 13.3. The highest BCUT2D eigenvalue weighted by molar-refractivity contribution is 5.97. The number of anilines is 2. The molecule has 0 radical (unpaired) electrons. The van der Waals surface area contributed by atoms with Crippen LogP contribution in [0.15, 0.2) is 12.1 Å². The summed E-state index contributed by atoms with van der Waals surface area (Å²) in [7, 11) is 5.60. The highest BCUT2D eigenvalue weighted by Crippen LogP contribution is 2.28. The van der Waals surface area contributed by atoms with Crippen LogP contribution in [0.4, 0.5) is 11.4 Å². The molecule has 2 N–H and O–H groups in total. The molecule has 1 aliphatic heterocycles. The quantitative estimate of drug-likeness (QED) is 0.681. The second-order valence-electron chi connectivity index (χ2n) is 5.88. The topological polar surface area (TPSA) is 58.8 Å². The first kappa shape index (κ1) is 15.6. The third-order valence-electron chi connectivity index (χ3n) is 4.33. The first-order valence-corrected chi connectivity index (χ1v) is 7.34. The van der Waals surface area contributed by atoms with Crippen molar-refractivity contribution in [2.45, 2.75) is 25.8 Å². The number of hydrogen-bond acceptors (Lipinski definition) is 5. The molecular weight excluding hydrogens is 266 g/mol. The molecule has 1 heterocycles. The zero-order chi connectivity index (χ0) is 15.6. The van der Waals surface area contributed by atoms with E-state index < -0.39 is 0 Å². The zero-order valence-corrected chi connectivity index (χ0v) is 13.3. The molecule has 1 atom stereocenters. The van der Waals surface area contributed by atoms with Gasteiger partial charge in [-0.15, -0.1) is 0 Å². The fraction of sp³-hybridized carbons (Fsp3) is 0.562. The third kappa shape index (κ3) is 3.29. The SMILES string of the molecule is COC(=O)c1cc(N(C)C2CCCN(C)C2)cc(C)c1N. The summed E-state index contributed by atoms with van der Waals surface area (Å²) in [5.74, 6) is -0.383. The standard InChI is InChI=1S/C16H25N3O2/c1-11-8-13(9-14(15(11)17)16(20)21-4)19(3)12-6-5-7-18(2)10-12/h8-9,12H,5-7,10,17H2,1-4H3. The van der Waals surface area contributed by atoms with Gasteiger partial charge in [0.15, 0.2) is 0 Å². The lowest BCUT2D eigenvalue weighted by Crippen LogP contribution is -2.45. The number of nitrogens with two attached hydrogens (primary N) is 1. The van der Waals surface area contributed by atoms with Crippen molar-refractivity contribution < 1.29 is 9.53 Å². The first-order chi connectivity index (χ1) is 9.93. The van der Waals surface area contributed by atoms with Gasteiger partial charge in [-0.05, 0) is 51.1 Å². The maximum Gasteiger partial charge on any atom is 0.340 e. The molecule has 0 saturated carbocycles. The van der Waals surface area contributed by atoms with E-state index in [-0.39, 0.29) is 5.97 Å². The number of ether oxygens (including phenoxy) is 1. The van der Waals surface area contributed by atoms with Crippen LogP contribution >= 0.6 is 0 Å². The molecule has 0 aromatic heterocycles. The first-order valence-electron chi connectivity index (χ1n) is 7.34. The van der Waals surface area contributed by atoms with Crippen LogP contribution in [0.3, 0.4) is 0 Å². The molecule has 21 heavy (non-hydrogen) atoms. The normalized spacial score (nSPS) is 19.3. The molecule has 1 aromatic carbocycles. The summed E-state index contributed by atoms with van der Waals surface area (Å²) in [6, 6.07) is 4.33. The Morgan fingerprint density at radius 3 is 2.81 bits per heavy atom. The maximum absolute atomic E-state index is 11.9. The van der Waals surface area contributed by atoms with E-state index >= 15 is 0 Å². The molecule has 0 bridgehead atoms. The lowest BCUT2D eigenvalue weighted by atomic mass is 10.0. The van der Waals surface area contributed by atoms with Gasteiger partial charge in [0.2, 0.25) is 0 Å². The van der Waals surface area contributed by atoms with E-state index in [0.717, 1.165) is 30.8 Å². The maximum atomic E-state index is 11.9. The molecule has 5 heteroatoms. The lowest BCUT2D eigenvalue weighted by Gasteiger charge is -2.37. The Labute approximate surface area is 126 Å². The number of hydrogen-bond donors (Lipinski definition) is 1. The second kappa shape index (κ2) is 6.35. The summed E-state index contributed by atoms with van der Waals surface area (Å²) < 4.78 is 4.82. The summed E-state index contributed by atoms with van der Waals surface area (Å²) >= 11 is 0. The Morgan fingerprint density at radius 2 is 2.19 bits per heavy atom. The van der Waals surface area contributed by atoms with E-state index in [1.54, 1.807) is 0 Å². The Balaban J connectivity index is 2.30. The van der Waals surface area contributed by atoms with Crippen molar-refractivity contribution >= 4 is 17.3 Å². The van der Waals surface area contributed by atoms with Crippen LogP contribution < -0.4 is 10.6 Å². The van der Waals surface area contributed by atoms with Gasteiger partial charge in [-0.2, -0.15) is 0 Å². The smallest absolute Gasteiger partial charge is 0.340 e. The number of piperidine rings is 1. The van der Waals surface area contributed by atoms with Crippen LogP contribution in [0.2, 0.25) is 0 Å². The molecule has 0 aliphatic carbocycles. The van der Waals surface area contributed by atoms with Gasteiger partial charge >= 0.3 is 5.97 Å². The van der Waals surface area contributed by atoms with Gasteiger partial charge in [0.25, 0.3) is 0 Å². The van der Waals surface area contributed by atoms with Crippen molar-refractivity contribution in [3.05, 3.63) is 23.3 Å². The number of esters is 1. The highest BCUT2D eigenvalue weighted by atomic mass is 16.5. The van der Waals surface area contributed by atoms with Gasteiger partial charge in [-0.3, -0.25) is 0 Å². The van der Waals surface area contributed by atoms with Crippen molar-refractivity contribution in [1.82, 2.24) is 4.90 Å². The predicted octanol–water partition coefficient (Wildman–Crippen LogP) is 1.89. The predicted molar refractivity (Wildman–Crippen MR) is 85.9 cm³/mol. The Bertz CT molecular complexity index is 530. The molecular formula is C16H25N3O2. The van der Waals surface area contributed by atoms with Gasteiger partial charge in [-0.25, -0.2) is 4.79 Å². The molecule has 2 rings (SSSR count). The number of carbonyl (C=O) groups is 1. The van der Waals surface area contributed by atoms with Crippen LogP contribution in [-0.2, 0) is 4.74 Å². The number of likely N-dealkylation sites (N-methyl/N-ethyl adjacent to an activating group) is 2. The fourth-order valence-electron chi connectivity index (χ4n) is 2.93. The number of carbonyl (C=O) groups excluding carboxylic acids is 1. The molecule has 0 spiro atoms. The van der Waals surface area contributed by atoms with Crippen LogP contribution in [0.25, 0.3) is 0 Å². The largest absolute Gasteiger partial charge is 0.465 e. The van der Waals surface area contributed by atoms with Gasteiger partial charge in [0.05, 0.1) is 12.7 Å². The van der Waals surface area contributed by atoms with Gasteiger partial charge in [0.1, 0.15) is 0 Å². The minimum atomic E-state index is -0.383. The molecule has 1 unspecified atom stereocenters. The van der Waals surface area contributed by atoms with E-state index in [1.807, 2.05) is 19.1 Å². The molecule has 1 saturated heterocycles. The van der Waals surface area contributed by atoms with Crippen molar-refractivity contribution in [2.24, 2.45) is 0 Å². The van der Waals surface area contributed by atoms with E-state index in [9.17, 15) is 4.79 Å². The lowest BCUT2D eigenvalue weighted by molar-refractivity contribution is 0.0602. The summed E-state index contributed by atoms with van der Waals surface area (Å²) in [5.41, 5.74) is 8.87. The van der Waals surface area contributed by atoms with Crippen molar-refractivity contribution in [1.29, 1.82) is 0 Å². The summed E-state index contributed by atoms with van der Waals surface area (Å²) in [6.45, 7) is 4.11. The average molecular weight is 291 g/mol. The number of benzene rings is 1. The molecule has 1 aliphatic rings. The van der Waals surface area contributed by atoms with E-state index in [1.165, 1.54) is 13.5 Å². The molecule has 1 aromatic rings. The minimum Gasteiger partial charge on any atom is -0.465 e. The van der Waals surface area contributed by atoms with Crippen LogP contribution in [-0.4, -0.2) is 51.2 Å². The summed E-state index contributed by atoms with van der Waals surface area (Å²) in [4.78, 5) is 16.4. The van der Waals surface area contributed by atoms with Crippen molar-refractivity contribution in [3.63, 3.8) is 0 Å². The number of rotatable bonds is 3. The van der Waals surface area contributed by atoms with E-state index in [2.05, 4.69) is 23.9 Å². The summed E-state index contributed by atoms with van der Waals surface area (Å²) in [5, 5.41) is 0. The number of nitrogens with zero attached hydrogens (tertiary/aromatic N) is 2. The van der Waals surface area contributed by atoms with Crippen LogP contribution in [0.5, 0.6) is 0 Å². The van der Waals surface area contributed by atoms with Crippen LogP contribution in [0.1, 0.15) is 28.8 Å². The molecule has 1 fully saturated rings. The van der Waals surface area contributed by atoms with Gasteiger partial charge < -0.3 is 20.3 Å². The Hall–Kier alpha value is -1.75. The number of nitrogen functional groups attached to an aromatic ring is 1. The van der Waals surface area contributed by atoms with Gasteiger partial charge in [-0.1, -0.05) is 0 Å². The van der Waals surface area contributed by atoms with Crippen molar-refractivity contribution in [2.75, 3.05) is 44.9 Å². The molecule has 5 nitrogen and oxygen atoms in total. The number of likely N-dealkylation sites (tertiary alicyclic amines) is 1. The number of methoxy groups -OCH3 is 1. The van der Waals surface area contributed by atoms with E-state index in [0.29, 0.717) is 17.3 Å². The second-order valence-corrected chi connectivity index (χ2v) is 5.88. The monoisotopic (exact) mass is 291 g/mol. The van der Waals surface area contributed by atoms with E-state index in [4.69, 9.17) is 10.5 Å². The van der Waals surface area contributed by atoms with Crippen LogP contribution in [0, 0.1) is 6.92 Å². The Morgan fingerprint density at radius 1 is 1.48 bits per heavy atom. The fourth-order valence-corrected chi connectivity index (χ4v) is 2.93. The molecule has 116 valence electrons. The highest BCUT2D eigenvalue weighted by Gasteiger charge is 2.23. The third-order valence-corrected chi connectivity index (χ3v) is 4.33. The summed E-state index contributed by atoms with van der Waals surface area (Å²) in [6.07, 6.45) is 2.36. The minimum absolute atomic E-state index is 0.383. The van der Waals surface area contributed by atoms with Gasteiger partial charge in [0, 0.05) is 31.0 Å².